The number of hydrogen-bond donors (Lipinski definition) is 1. The molecule has 2 heterocycles. The van der Waals surface area contributed by atoms with E-state index in [2.05, 4.69) is 10.4 Å². The molecule has 0 aliphatic carbocycles. The maximum atomic E-state index is 12.5. The Hall–Kier alpha value is -3.39. The summed E-state index contributed by atoms with van der Waals surface area (Å²) in [6.07, 6.45) is 1.60. The smallest absolute Gasteiger partial charge is 0.271 e. The first-order chi connectivity index (χ1) is 14.0. The molecule has 0 spiro atoms. The summed E-state index contributed by atoms with van der Waals surface area (Å²) >= 11 is 0. The third kappa shape index (κ3) is 5.55. The largest absolute Gasteiger partial charge is 0.492 e. The maximum absolute atomic E-state index is 12.5. The monoisotopic (exact) mass is 396 g/mol. The van der Waals surface area contributed by atoms with Crippen LogP contribution in [0.4, 0.5) is 0 Å². The normalized spacial score (nSPS) is 12.0. The van der Waals surface area contributed by atoms with Crippen LogP contribution in [0.15, 0.2) is 70.1 Å². The molecule has 8 nitrogen and oxygen atoms in total. The minimum atomic E-state index is -0.360. The Bertz CT molecular complexity index is 968. The summed E-state index contributed by atoms with van der Waals surface area (Å²) in [5.41, 5.74) is -0.124. The van der Waals surface area contributed by atoms with E-state index in [1.54, 1.807) is 6.26 Å². The number of furan rings is 1. The van der Waals surface area contributed by atoms with E-state index in [0.29, 0.717) is 12.3 Å². The van der Waals surface area contributed by atoms with Gasteiger partial charge in [0, 0.05) is 12.6 Å². The van der Waals surface area contributed by atoms with Gasteiger partial charge in [0.1, 0.15) is 23.8 Å². The van der Waals surface area contributed by atoms with Crippen LogP contribution in [0.1, 0.15) is 22.3 Å². The third-order valence-electron chi connectivity index (χ3n) is 4.37. The van der Waals surface area contributed by atoms with Gasteiger partial charge in [0.15, 0.2) is 0 Å². The standard InChI is InChI=1S/C21H24N4O4/c1-24(2)18(19-9-6-13-29-19)15-22-21(27)17-10-11-20(26)25(23-17)12-14-28-16-7-4-3-5-8-16/h3-11,13,18H,12,14-15H2,1-2H3,(H,22,27). The van der Waals surface area contributed by atoms with Crippen LogP contribution < -0.4 is 15.6 Å². The quantitative estimate of drug-likeness (QED) is 0.595. The van der Waals surface area contributed by atoms with Gasteiger partial charge in [-0.3, -0.25) is 14.5 Å². The number of hydrogen-bond acceptors (Lipinski definition) is 6. The van der Waals surface area contributed by atoms with Crippen LogP contribution in [-0.2, 0) is 6.54 Å². The van der Waals surface area contributed by atoms with Crippen molar-refractivity contribution in [3.05, 3.63) is 82.7 Å². The molecular weight excluding hydrogens is 372 g/mol. The highest BCUT2D eigenvalue weighted by molar-refractivity contribution is 5.92. The number of rotatable bonds is 9. The molecule has 0 saturated carbocycles. The topological polar surface area (TPSA) is 89.6 Å². The molecule has 0 radical (unpaired) electrons. The number of carbonyl (C=O) groups excluding carboxylic acids is 1. The minimum Gasteiger partial charge on any atom is -0.492 e. The van der Waals surface area contributed by atoms with Gasteiger partial charge in [-0.15, -0.1) is 0 Å². The van der Waals surface area contributed by atoms with E-state index >= 15 is 0 Å². The highest BCUT2D eigenvalue weighted by atomic mass is 16.5. The van der Waals surface area contributed by atoms with Crippen LogP contribution in [-0.4, -0.2) is 47.8 Å². The maximum Gasteiger partial charge on any atom is 0.271 e. The zero-order valence-corrected chi connectivity index (χ0v) is 16.4. The predicted molar refractivity (Wildman–Crippen MR) is 108 cm³/mol. The highest BCUT2D eigenvalue weighted by Crippen LogP contribution is 2.17. The summed E-state index contributed by atoms with van der Waals surface area (Å²) in [5.74, 6) is 1.11. The van der Waals surface area contributed by atoms with Crippen molar-refractivity contribution < 1.29 is 13.9 Å². The number of amides is 1. The van der Waals surface area contributed by atoms with Crippen LogP contribution in [0.2, 0.25) is 0 Å². The van der Waals surface area contributed by atoms with E-state index in [0.717, 1.165) is 5.76 Å². The summed E-state index contributed by atoms with van der Waals surface area (Å²) in [7, 11) is 3.81. The molecule has 0 aliphatic rings. The van der Waals surface area contributed by atoms with Crippen LogP contribution in [0.5, 0.6) is 5.75 Å². The van der Waals surface area contributed by atoms with Crippen molar-refractivity contribution >= 4 is 5.91 Å². The van der Waals surface area contributed by atoms with Crippen molar-refractivity contribution in [2.24, 2.45) is 0 Å². The molecule has 0 saturated heterocycles. The van der Waals surface area contributed by atoms with Gasteiger partial charge in [-0.05, 0) is 44.4 Å². The lowest BCUT2D eigenvalue weighted by molar-refractivity contribution is 0.0931. The van der Waals surface area contributed by atoms with Crippen molar-refractivity contribution in [2.45, 2.75) is 12.6 Å². The van der Waals surface area contributed by atoms with E-state index < -0.39 is 0 Å². The number of nitrogens with one attached hydrogen (secondary N) is 1. The first-order valence-corrected chi connectivity index (χ1v) is 9.28. The molecule has 1 amide bonds. The summed E-state index contributed by atoms with van der Waals surface area (Å²) in [6, 6.07) is 15.6. The van der Waals surface area contributed by atoms with Crippen molar-refractivity contribution in [1.82, 2.24) is 20.0 Å². The van der Waals surface area contributed by atoms with Crippen molar-refractivity contribution in [3.8, 4) is 5.75 Å². The highest BCUT2D eigenvalue weighted by Gasteiger charge is 2.19. The summed E-state index contributed by atoms with van der Waals surface area (Å²) < 4.78 is 12.3. The molecule has 1 N–H and O–H groups in total. The molecule has 0 fully saturated rings. The van der Waals surface area contributed by atoms with Crippen molar-refractivity contribution in [1.29, 1.82) is 0 Å². The number of aromatic nitrogens is 2. The lowest BCUT2D eigenvalue weighted by Gasteiger charge is -2.22. The van der Waals surface area contributed by atoms with Gasteiger partial charge in [-0.2, -0.15) is 5.10 Å². The predicted octanol–water partition coefficient (Wildman–Crippen LogP) is 1.95. The molecule has 1 atom stereocenters. The Kier molecular flexibility index (Phi) is 6.80. The molecule has 3 rings (SSSR count). The molecule has 3 aromatic rings. The lowest BCUT2D eigenvalue weighted by Crippen LogP contribution is -2.36. The Morgan fingerprint density at radius 3 is 2.66 bits per heavy atom. The molecule has 152 valence electrons. The van der Waals surface area contributed by atoms with Crippen LogP contribution in [0, 0.1) is 0 Å². The summed E-state index contributed by atoms with van der Waals surface area (Å²) in [5, 5.41) is 7.01. The fourth-order valence-corrected chi connectivity index (χ4v) is 2.80. The molecule has 29 heavy (non-hydrogen) atoms. The number of nitrogens with zero attached hydrogens (tertiary/aromatic N) is 3. The fraction of sp³-hybridized carbons (Fsp3) is 0.286. The number of benzene rings is 1. The zero-order valence-electron chi connectivity index (χ0n) is 16.4. The molecule has 1 aromatic carbocycles. The van der Waals surface area contributed by atoms with E-state index in [9.17, 15) is 9.59 Å². The molecule has 2 aromatic heterocycles. The SMILES string of the molecule is CN(C)C(CNC(=O)c1ccc(=O)n(CCOc2ccccc2)n1)c1ccco1. The molecular formula is C21H24N4O4. The van der Waals surface area contributed by atoms with Crippen LogP contribution in [0.3, 0.4) is 0 Å². The molecule has 1 unspecified atom stereocenters. The second-order valence-electron chi connectivity index (χ2n) is 6.65. The van der Waals surface area contributed by atoms with Crippen molar-refractivity contribution in [3.63, 3.8) is 0 Å². The number of para-hydroxylation sites is 1. The summed E-state index contributed by atoms with van der Waals surface area (Å²) in [6.45, 7) is 0.849. The second kappa shape index (κ2) is 9.70. The van der Waals surface area contributed by atoms with Gasteiger partial charge in [0.25, 0.3) is 11.5 Å². The first kappa shape index (κ1) is 20.3. The van der Waals surface area contributed by atoms with E-state index in [4.69, 9.17) is 9.15 Å². The third-order valence-corrected chi connectivity index (χ3v) is 4.37. The minimum absolute atomic E-state index is 0.112. The van der Waals surface area contributed by atoms with Gasteiger partial charge in [-0.25, -0.2) is 4.68 Å². The van der Waals surface area contributed by atoms with Gasteiger partial charge >= 0.3 is 0 Å². The van der Waals surface area contributed by atoms with Gasteiger partial charge in [-0.1, -0.05) is 18.2 Å². The van der Waals surface area contributed by atoms with E-state index in [-0.39, 0.29) is 36.4 Å². The van der Waals surface area contributed by atoms with Crippen LogP contribution >= 0.6 is 0 Å². The average molecular weight is 396 g/mol. The Morgan fingerprint density at radius 1 is 1.17 bits per heavy atom. The van der Waals surface area contributed by atoms with Crippen molar-refractivity contribution in [2.75, 3.05) is 27.2 Å². The molecule has 0 bridgehead atoms. The molecule has 0 aliphatic heterocycles. The van der Waals surface area contributed by atoms with Gasteiger partial charge in [0.05, 0.1) is 18.8 Å². The Labute approximate surface area is 168 Å². The Balaban J connectivity index is 1.60. The first-order valence-electron chi connectivity index (χ1n) is 9.28. The number of ether oxygens (including phenoxy) is 1. The van der Waals surface area contributed by atoms with Crippen LogP contribution in [0.25, 0.3) is 0 Å². The molecule has 8 heteroatoms. The fourth-order valence-electron chi connectivity index (χ4n) is 2.80. The average Bonchev–Trinajstić information content (AvgIpc) is 3.24. The summed E-state index contributed by atoms with van der Waals surface area (Å²) in [4.78, 5) is 26.5. The Morgan fingerprint density at radius 2 is 1.97 bits per heavy atom. The number of likely N-dealkylation sites (N-methyl/N-ethyl adjacent to an activating group) is 1. The second-order valence-corrected chi connectivity index (χ2v) is 6.65. The van der Waals surface area contributed by atoms with E-state index in [1.165, 1.54) is 16.8 Å². The zero-order chi connectivity index (χ0) is 20.6. The van der Waals surface area contributed by atoms with Gasteiger partial charge < -0.3 is 14.5 Å². The van der Waals surface area contributed by atoms with E-state index in [1.807, 2.05) is 61.5 Å². The van der Waals surface area contributed by atoms with Gasteiger partial charge in [0.2, 0.25) is 0 Å². The number of carbonyl (C=O) groups is 1. The lowest BCUT2D eigenvalue weighted by atomic mass is 10.2.